The molecule has 10 heteroatoms. The largest absolute Gasteiger partial charge is 0.492 e. The van der Waals surface area contributed by atoms with E-state index in [1.54, 1.807) is 36.1 Å². The SMILES string of the molecule is CCOC(Cc1ccc(OCCN(CCCCCC(F)(F)F)C(=O)Nc2c(C)cc(C)cc2C)cc1)C(=O)O. The molecule has 0 heterocycles. The number of carboxylic acid groups (broad SMARTS) is 1. The molecule has 0 aliphatic carbocycles. The highest BCUT2D eigenvalue weighted by atomic mass is 19.4. The van der Waals surface area contributed by atoms with Gasteiger partial charge in [-0.15, -0.1) is 0 Å². The van der Waals surface area contributed by atoms with Crippen molar-refractivity contribution in [2.24, 2.45) is 0 Å². The summed E-state index contributed by atoms with van der Waals surface area (Å²) < 4.78 is 48.5. The number of carbonyl (C=O) groups is 2. The molecule has 0 saturated heterocycles. The van der Waals surface area contributed by atoms with E-state index in [4.69, 9.17) is 9.47 Å². The zero-order chi connectivity index (χ0) is 29.0. The van der Waals surface area contributed by atoms with Crippen molar-refractivity contribution in [3.05, 3.63) is 58.7 Å². The number of urea groups is 1. The Morgan fingerprint density at radius 2 is 1.64 bits per heavy atom. The number of hydrogen-bond donors (Lipinski definition) is 2. The fraction of sp³-hybridized carbons (Fsp3) is 0.517. The highest BCUT2D eigenvalue weighted by Gasteiger charge is 2.26. The van der Waals surface area contributed by atoms with Gasteiger partial charge >= 0.3 is 18.2 Å². The van der Waals surface area contributed by atoms with Crippen LogP contribution in [0.3, 0.4) is 0 Å². The lowest BCUT2D eigenvalue weighted by atomic mass is 10.1. The minimum Gasteiger partial charge on any atom is -0.492 e. The molecule has 0 aliphatic heterocycles. The van der Waals surface area contributed by atoms with Crippen molar-refractivity contribution in [2.45, 2.75) is 72.1 Å². The van der Waals surface area contributed by atoms with Crippen LogP contribution in [-0.4, -0.2) is 60.6 Å². The van der Waals surface area contributed by atoms with Gasteiger partial charge in [-0.2, -0.15) is 13.2 Å². The second-order valence-corrected chi connectivity index (χ2v) is 9.60. The monoisotopic (exact) mass is 552 g/mol. The summed E-state index contributed by atoms with van der Waals surface area (Å²) in [6.07, 6.45) is -4.91. The third-order valence-electron chi connectivity index (χ3n) is 6.20. The second-order valence-electron chi connectivity index (χ2n) is 9.60. The first kappa shape index (κ1) is 31.9. The molecule has 7 nitrogen and oxygen atoms in total. The second kappa shape index (κ2) is 15.4. The molecule has 0 spiro atoms. The third kappa shape index (κ3) is 11.6. The number of rotatable bonds is 15. The number of aliphatic carboxylic acids is 1. The number of alkyl halides is 3. The number of nitrogens with zero attached hydrogens (tertiary/aromatic N) is 1. The molecular formula is C29H39F3N2O5. The molecule has 2 aromatic rings. The van der Waals surface area contributed by atoms with E-state index in [9.17, 15) is 27.9 Å². The molecule has 2 rings (SSSR count). The maximum Gasteiger partial charge on any atom is 0.389 e. The van der Waals surface area contributed by atoms with Crippen LogP contribution in [0.25, 0.3) is 0 Å². The standard InChI is InChI=1S/C29H39F3N2O5/c1-5-38-25(27(35)36)19-23-9-11-24(12-10-23)39-16-15-34(14-8-6-7-13-29(30,31)32)28(37)33-26-21(3)17-20(2)18-22(26)4/h9-12,17-18,25H,5-8,13-16,19H2,1-4H3,(H,33,37)(H,35,36). The van der Waals surface area contributed by atoms with Crippen molar-refractivity contribution in [1.82, 2.24) is 4.90 Å². The number of carbonyl (C=O) groups excluding carboxylic acids is 1. The van der Waals surface area contributed by atoms with Crippen LogP contribution >= 0.6 is 0 Å². The summed E-state index contributed by atoms with van der Waals surface area (Å²) in [6.45, 7) is 8.56. The molecule has 2 N–H and O–H groups in total. The number of aryl methyl sites for hydroxylation is 3. The fourth-order valence-corrected chi connectivity index (χ4v) is 4.31. The van der Waals surface area contributed by atoms with Crippen LogP contribution in [-0.2, 0) is 16.0 Å². The van der Waals surface area contributed by atoms with Crippen LogP contribution < -0.4 is 10.1 Å². The molecule has 1 atom stereocenters. The Bertz CT molecular complexity index is 1050. The summed E-state index contributed by atoms with van der Waals surface area (Å²) >= 11 is 0. The van der Waals surface area contributed by atoms with Crippen LogP contribution in [0, 0.1) is 20.8 Å². The topological polar surface area (TPSA) is 88.1 Å². The van der Waals surface area contributed by atoms with E-state index >= 15 is 0 Å². The van der Waals surface area contributed by atoms with E-state index in [2.05, 4.69) is 5.32 Å². The van der Waals surface area contributed by atoms with Crippen molar-refractivity contribution in [1.29, 1.82) is 0 Å². The van der Waals surface area contributed by atoms with E-state index in [-0.39, 0.29) is 32.0 Å². The molecule has 216 valence electrons. The first-order valence-corrected chi connectivity index (χ1v) is 13.2. The first-order valence-electron chi connectivity index (χ1n) is 13.2. The predicted molar refractivity (Wildman–Crippen MR) is 144 cm³/mol. The maximum atomic E-state index is 13.1. The lowest BCUT2D eigenvalue weighted by Gasteiger charge is -2.24. The van der Waals surface area contributed by atoms with Crippen molar-refractivity contribution in [2.75, 3.05) is 31.6 Å². The Morgan fingerprint density at radius 1 is 1.00 bits per heavy atom. The molecule has 1 unspecified atom stereocenters. The Hall–Kier alpha value is -3.27. The summed E-state index contributed by atoms with van der Waals surface area (Å²) in [5.41, 5.74) is 4.44. The van der Waals surface area contributed by atoms with Gasteiger partial charge in [0.2, 0.25) is 0 Å². The molecule has 0 saturated carbocycles. The summed E-state index contributed by atoms with van der Waals surface area (Å²) in [5.74, 6) is -0.470. The normalized spacial score (nSPS) is 12.2. The number of ether oxygens (including phenoxy) is 2. The average molecular weight is 553 g/mol. The van der Waals surface area contributed by atoms with Crippen molar-refractivity contribution in [3.63, 3.8) is 0 Å². The number of anilines is 1. The van der Waals surface area contributed by atoms with Gasteiger partial charge in [-0.1, -0.05) is 36.2 Å². The van der Waals surface area contributed by atoms with E-state index in [0.717, 1.165) is 27.9 Å². The molecule has 0 bridgehead atoms. The number of halogens is 3. The number of hydrogen-bond acceptors (Lipinski definition) is 4. The maximum absolute atomic E-state index is 13.1. The predicted octanol–water partition coefficient (Wildman–Crippen LogP) is 6.68. The number of nitrogens with one attached hydrogen (secondary N) is 1. The molecule has 0 aliphatic rings. The Kier molecular flexibility index (Phi) is 12.6. The molecule has 2 aromatic carbocycles. The number of unbranched alkanes of at least 4 members (excludes halogenated alkanes) is 2. The average Bonchev–Trinajstić information content (AvgIpc) is 2.84. The number of carboxylic acids is 1. The van der Waals surface area contributed by atoms with Gasteiger partial charge in [0.1, 0.15) is 12.4 Å². The molecule has 39 heavy (non-hydrogen) atoms. The van der Waals surface area contributed by atoms with Crippen molar-refractivity contribution >= 4 is 17.7 Å². The van der Waals surface area contributed by atoms with Gasteiger partial charge in [0, 0.05) is 31.7 Å². The Labute approximate surface area is 228 Å². The Morgan fingerprint density at radius 3 is 2.21 bits per heavy atom. The summed E-state index contributed by atoms with van der Waals surface area (Å²) in [7, 11) is 0. The van der Waals surface area contributed by atoms with Crippen LogP contribution in [0.5, 0.6) is 5.75 Å². The summed E-state index contributed by atoms with van der Waals surface area (Å²) in [4.78, 5) is 26.0. The zero-order valence-electron chi connectivity index (χ0n) is 23.1. The fourth-order valence-electron chi connectivity index (χ4n) is 4.31. The molecule has 0 fully saturated rings. The highest BCUT2D eigenvalue weighted by Crippen LogP contribution is 2.24. The van der Waals surface area contributed by atoms with Gasteiger partial charge in [0.05, 0.1) is 6.54 Å². The summed E-state index contributed by atoms with van der Waals surface area (Å²) in [5, 5.41) is 12.2. The number of benzene rings is 2. The van der Waals surface area contributed by atoms with Gasteiger partial charge in [0.25, 0.3) is 0 Å². The molecule has 2 amide bonds. The lowest BCUT2D eigenvalue weighted by molar-refractivity contribution is -0.150. The third-order valence-corrected chi connectivity index (χ3v) is 6.20. The smallest absolute Gasteiger partial charge is 0.389 e. The van der Waals surface area contributed by atoms with Crippen molar-refractivity contribution in [3.8, 4) is 5.75 Å². The van der Waals surface area contributed by atoms with E-state index in [1.165, 1.54) is 0 Å². The zero-order valence-corrected chi connectivity index (χ0v) is 23.1. The van der Waals surface area contributed by atoms with Gasteiger partial charge in [-0.25, -0.2) is 9.59 Å². The first-order chi connectivity index (χ1) is 18.4. The van der Waals surface area contributed by atoms with Gasteiger partial charge in [-0.05, 0) is 69.4 Å². The minimum absolute atomic E-state index is 0.0179. The van der Waals surface area contributed by atoms with E-state index in [1.807, 2.05) is 32.9 Å². The summed E-state index contributed by atoms with van der Waals surface area (Å²) in [6, 6.07) is 10.6. The van der Waals surface area contributed by atoms with Gasteiger partial charge in [-0.3, -0.25) is 0 Å². The number of amides is 2. The van der Waals surface area contributed by atoms with E-state index in [0.29, 0.717) is 31.7 Å². The van der Waals surface area contributed by atoms with Crippen LogP contribution in [0.15, 0.2) is 36.4 Å². The minimum atomic E-state index is -4.18. The molecule has 0 aromatic heterocycles. The van der Waals surface area contributed by atoms with Crippen LogP contribution in [0.1, 0.15) is 54.9 Å². The highest BCUT2D eigenvalue weighted by molar-refractivity contribution is 5.91. The van der Waals surface area contributed by atoms with Crippen molar-refractivity contribution < 1.29 is 37.3 Å². The lowest BCUT2D eigenvalue weighted by Crippen LogP contribution is -2.39. The van der Waals surface area contributed by atoms with Gasteiger partial charge in [0.15, 0.2) is 6.10 Å². The van der Waals surface area contributed by atoms with Gasteiger partial charge < -0.3 is 24.8 Å². The van der Waals surface area contributed by atoms with Crippen LogP contribution in [0.4, 0.5) is 23.7 Å². The molecule has 0 radical (unpaired) electrons. The Balaban J connectivity index is 1.98. The quantitative estimate of drug-likeness (QED) is 0.241. The van der Waals surface area contributed by atoms with Crippen LogP contribution in [0.2, 0.25) is 0 Å². The molecular weight excluding hydrogens is 513 g/mol. The van der Waals surface area contributed by atoms with E-state index < -0.39 is 24.7 Å².